The van der Waals surface area contributed by atoms with Gasteiger partial charge in [-0.1, -0.05) is 36.4 Å². The van der Waals surface area contributed by atoms with Gasteiger partial charge in [0, 0.05) is 26.4 Å². The molecule has 0 fully saturated rings. The molecular weight excluding hydrogens is 634 g/mol. The zero-order chi connectivity index (χ0) is 35.0. The number of nitrogens with one attached hydrogen (secondary N) is 2. The van der Waals surface area contributed by atoms with Crippen LogP contribution in [0.1, 0.15) is 24.2 Å². The van der Waals surface area contributed by atoms with Gasteiger partial charge in [0.25, 0.3) is 5.56 Å². The van der Waals surface area contributed by atoms with Crippen LogP contribution in [-0.4, -0.2) is 75.4 Å². The second kappa shape index (κ2) is 15.5. The number of methoxy groups -OCH3 is 1. The number of pyridine rings is 1. The summed E-state index contributed by atoms with van der Waals surface area (Å²) in [6.07, 6.45) is 1.81. The van der Waals surface area contributed by atoms with Crippen molar-refractivity contribution in [1.29, 1.82) is 0 Å². The molecule has 48 heavy (non-hydrogen) atoms. The van der Waals surface area contributed by atoms with Gasteiger partial charge in [0.15, 0.2) is 17.4 Å². The summed E-state index contributed by atoms with van der Waals surface area (Å²) in [5, 5.41) is 14.8. The zero-order valence-electron chi connectivity index (χ0n) is 26.1. The molecule has 14 nitrogen and oxygen atoms in total. The lowest BCUT2D eigenvalue weighted by Gasteiger charge is -2.17. The smallest absolute Gasteiger partial charge is 0.417 e. The first-order chi connectivity index (χ1) is 22.9. The van der Waals surface area contributed by atoms with Gasteiger partial charge in [-0.3, -0.25) is 14.4 Å². The van der Waals surface area contributed by atoms with E-state index in [0.29, 0.717) is 16.2 Å². The number of alkyl carbamates (subject to hydrolysis) is 1. The second-order valence-corrected chi connectivity index (χ2v) is 10.5. The minimum atomic E-state index is -1.65. The number of anilines is 1. The topological polar surface area (TPSA) is 174 Å². The van der Waals surface area contributed by atoms with Gasteiger partial charge in [0.1, 0.15) is 35.2 Å². The Labute approximate surface area is 272 Å². The lowest BCUT2D eigenvalue weighted by Crippen LogP contribution is -2.44. The SMILES string of the molecule is COC(=O)NC(CCC=CC(=O)N(C)C)C(=O)Nc1cccn(Cc2nc3c(OCc4ccccc4)c(F)cc(F)c3n2C(=O)O)c1=O. The van der Waals surface area contributed by atoms with Crippen LogP contribution in [0.3, 0.4) is 0 Å². The minimum absolute atomic E-state index is 0.0403. The molecule has 0 aliphatic heterocycles. The summed E-state index contributed by atoms with van der Waals surface area (Å²) in [5.41, 5.74) is -1.35. The van der Waals surface area contributed by atoms with E-state index in [4.69, 9.17) is 4.74 Å². The molecular formula is C32H32F2N6O8. The first kappa shape index (κ1) is 34.8. The highest BCUT2D eigenvalue weighted by molar-refractivity contribution is 5.96. The van der Waals surface area contributed by atoms with Gasteiger partial charge in [-0.2, -0.15) is 0 Å². The molecule has 0 bridgehead atoms. The molecule has 1 atom stereocenters. The van der Waals surface area contributed by atoms with Crippen molar-refractivity contribution in [3.63, 3.8) is 0 Å². The third kappa shape index (κ3) is 8.20. The summed E-state index contributed by atoms with van der Waals surface area (Å²) in [5.74, 6) is -4.19. The van der Waals surface area contributed by atoms with Gasteiger partial charge < -0.3 is 34.7 Å². The monoisotopic (exact) mass is 666 g/mol. The average molecular weight is 667 g/mol. The molecule has 0 spiro atoms. The molecule has 0 saturated carbocycles. The number of carboxylic acid groups (broad SMARTS) is 1. The molecule has 0 aliphatic rings. The summed E-state index contributed by atoms with van der Waals surface area (Å²) < 4.78 is 41.6. The van der Waals surface area contributed by atoms with Crippen LogP contribution in [-0.2, 0) is 27.5 Å². The maximum Gasteiger partial charge on any atom is 0.417 e. The number of allylic oxidation sites excluding steroid dienone is 1. The van der Waals surface area contributed by atoms with E-state index >= 15 is 4.39 Å². The molecule has 2 aromatic heterocycles. The lowest BCUT2D eigenvalue weighted by molar-refractivity contribution is -0.123. The Kier molecular flexibility index (Phi) is 11.2. The number of fused-ring (bicyclic) bond motifs is 1. The van der Waals surface area contributed by atoms with E-state index in [-0.39, 0.29) is 36.9 Å². The van der Waals surface area contributed by atoms with Crippen LogP contribution in [0.5, 0.6) is 5.75 Å². The quantitative estimate of drug-likeness (QED) is 0.191. The summed E-state index contributed by atoms with van der Waals surface area (Å²) in [7, 11) is 4.25. The van der Waals surface area contributed by atoms with Gasteiger partial charge >= 0.3 is 12.2 Å². The van der Waals surface area contributed by atoms with E-state index in [1.54, 1.807) is 44.4 Å². The van der Waals surface area contributed by atoms with Crippen LogP contribution in [0.2, 0.25) is 0 Å². The fourth-order valence-corrected chi connectivity index (χ4v) is 4.58. The number of halogens is 2. The maximum atomic E-state index is 15.0. The number of benzene rings is 2. The molecule has 2 aromatic carbocycles. The average Bonchev–Trinajstić information content (AvgIpc) is 3.44. The highest BCUT2D eigenvalue weighted by Gasteiger charge is 2.26. The summed E-state index contributed by atoms with van der Waals surface area (Å²) in [6, 6.07) is 10.7. The van der Waals surface area contributed by atoms with E-state index in [2.05, 4.69) is 20.4 Å². The van der Waals surface area contributed by atoms with E-state index < -0.39 is 64.7 Å². The Morgan fingerprint density at radius 2 is 1.81 bits per heavy atom. The molecule has 4 rings (SSSR count). The predicted molar refractivity (Wildman–Crippen MR) is 169 cm³/mol. The largest absolute Gasteiger partial charge is 0.483 e. The summed E-state index contributed by atoms with van der Waals surface area (Å²) in [6.45, 7) is -0.650. The Hall–Kier alpha value is -6.06. The number of carbonyl (C=O) groups excluding carboxylic acids is 3. The molecule has 0 aliphatic carbocycles. The third-order valence-corrected chi connectivity index (χ3v) is 6.98. The molecule has 0 saturated heterocycles. The number of rotatable bonds is 12. The van der Waals surface area contributed by atoms with Crippen LogP contribution in [0, 0.1) is 11.6 Å². The highest BCUT2D eigenvalue weighted by Crippen LogP contribution is 2.32. The molecule has 2 heterocycles. The number of ether oxygens (including phenoxy) is 2. The van der Waals surface area contributed by atoms with Crippen LogP contribution >= 0.6 is 0 Å². The molecule has 4 aromatic rings. The van der Waals surface area contributed by atoms with E-state index in [1.807, 2.05) is 0 Å². The van der Waals surface area contributed by atoms with Crippen molar-refractivity contribution in [1.82, 2.24) is 24.3 Å². The number of carbonyl (C=O) groups is 4. The highest BCUT2D eigenvalue weighted by atomic mass is 19.1. The van der Waals surface area contributed by atoms with E-state index in [0.717, 1.165) is 11.7 Å². The Bertz CT molecular complexity index is 1920. The van der Waals surface area contributed by atoms with Gasteiger partial charge in [0.05, 0.1) is 13.7 Å². The Balaban J connectivity index is 1.62. The number of hydrogen-bond acceptors (Lipinski definition) is 8. The fraction of sp³-hybridized carbons (Fsp3) is 0.250. The summed E-state index contributed by atoms with van der Waals surface area (Å²) in [4.78, 5) is 68.0. The van der Waals surface area contributed by atoms with Gasteiger partial charge in [0.2, 0.25) is 11.8 Å². The Morgan fingerprint density at radius 1 is 1.08 bits per heavy atom. The van der Waals surface area contributed by atoms with Crippen molar-refractivity contribution in [3.05, 3.63) is 100 Å². The van der Waals surface area contributed by atoms with E-state index in [9.17, 15) is 33.5 Å². The van der Waals surface area contributed by atoms with Crippen LogP contribution < -0.4 is 20.9 Å². The Morgan fingerprint density at radius 3 is 2.48 bits per heavy atom. The van der Waals surface area contributed by atoms with Gasteiger partial charge in [-0.05, 0) is 36.6 Å². The summed E-state index contributed by atoms with van der Waals surface area (Å²) >= 11 is 0. The molecule has 3 amide bonds. The number of likely N-dealkylation sites (N-methyl/N-ethyl adjacent to an activating group) is 1. The first-order valence-electron chi connectivity index (χ1n) is 14.4. The molecule has 0 radical (unpaired) electrons. The predicted octanol–water partition coefficient (Wildman–Crippen LogP) is 3.72. The number of nitrogens with zero attached hydrogens (tertiary/aromatic N) is 4. The van der Waals surface area contributed by atoms with Crippen molar-refractivity contribution < 1.29 is 42.5 Å². The van der Waals surface area contributed by atoms with Gasteiger partial charge in [-0.25, -0.2) is 27.9 Å². The van der Waals surface area contributed by atoms with Crippen molar-refractivity contribution in [2.75, 3.05) is 26.5 Å². The third-order valence-electron chi connectivity index (χ3n) is 6.98. The molecule has 1 unspecified atom stereocenters. The van der Waals surface area contributed by atoms with Crippen molar-refractivity contribution >= 4 is 40.7 Å². The lowest BCUT2D eigenvalue weighted by atomic mass is 10.1. The van der Waals surface area contributed by atoms with Crippen LogP contribution in [0.15, 0.2) is 71.7 Å². The molecule has 3 N–H and O–H groups in total. The standard InChI is InChI=1S/C32H32F2N6O8/c1-38(2)25(41)14-8-7-12-22(36-31(44)47-3)29(42)35-23-13-9-15-39(30(23)43)17-24-37-26-27(40(24)32(45)46)20(33)16-21(34)28(26)48-18-19-10-5-4-6-11-19/h4-6,8-11,13-16,22H,7,12,17-18H2,1-3H3,(H,35,42)(H,36,44)(H,45,46). The second-order valence-electron chi connectivity index (χ2n) is 10.5. The zero-order valence-corrected chi connectivity index (χ0v) is 26.1. The van der Waals surface area contributed by atoms with Crippen molar-refractivity contribution in [3.8, 4) is 5.75 Å². The molecule has 252 valence electrons. The van der Waals surface area contributed by atoms with Crippen LogP contribution in [0.25, 0.3) is 11.0 Å². The number of amides is 3. The van der Waals surface area contributed by atoms with Crippen LogP contribution in [0.4, 0.5) is 24.1 Å². The van der Waals surface area contributed by atoms with E-state index in [1.165, 1.54) is 35.4 Å². The molecule has 16 heteroatoms. The van der Waals surface area contributed by atoms with Crippen molar-refractivity contribution in [2.24, 2.45) is 0 Å². The first-order valence-corrected chi connectivity index (χ1v) is 14.4. The van der Waals surface area contributed by atoms with Crippen molar-refractivity contribution in [2.45, 2.75) is 32.0 Å². The normalized spacial score (nSPS) is 11.7. The maximum absolute atomic E-state index is 15.0. The number of hydrogen-bond donors (Lipinski definition) is 3. The van der Waals surface area contributed by atoms with Gasteiger partial charge in [-0.15, -0.1) is 0 Å². The number of aromatic nitrogens is 3. The minimum Gasteiger partial charge on any atom is -0.483 e. The number of imidazole rings is 1. The fourth-order valence-electron chi connectivity index (χ4n) is 4.58.